The van der Waals surface area contributed by atoms with Crippen LogP contribution in [-0.2, 0) is 0 Å². The predicted molar refractivity (Wildman–Crippen MR) is 66.7 cm³/mol. The van der Waals surface area contributed by atoms with E-state index in [1.807, 2.05) is 6.07 Å². The average Bonchev–Trinajstić information content (AvgIpc) is 2.17. The van der Waals surface area contributed by atoms with Gasteiger partial charge in [0.25, 0.3) is 0 Å². The minimum Gasteiger partial charge on any atom is -0.399 e. The topological polar surface area (TPSA) is 52.0 Å². The number of nitrogens with two attached hydrogens (primary N) is 2. The molecule has 4 N–H and O–H groups in total. The molecule has 0 heterocycles. The fraction of sp³-hybridized carbons (Fsp3) is 0. The highest BCUT2D eigenvalue weighted by Gasteiger charge is 1.85. The van der Waals surface area contributed by atoms with Crippen molar-refractivity contribution >= 4 is 23.0 Å². The van der Waals surface area contributed by atoms with Crippen LogP contribution in [0.3, 0.4) is 0 Å². The maximum Gasteiger partial charge on any atom is 0.125 e. The molecule has 0 atom stereocenters. The average molecular weight is 239 g/mol. The molecule has 2 aromatic carbocycles. The Morgan fingerprint density at radius 3 is 1.75 bits per heavy atom. The van der Waals surface area contributed by atoms with E-state index >= 15 is 0 Å². The van der Waals surface area contributed by atoms with Crippen molar-refractivity contribution < 1.29 is 4.39 Å². The first-order valence-corrected chi connectivity index (χ1v) is 4.98. The smallest absolute Gasteiger partial charge is 0.125 e. The van der Waals surface area contributed by atoms with Crippen molar-refractivity contribution in [2.24, 2.45) is 0 Å². The zero-order valence-corrected chi connectivity index (χ0v) is 9.29. The van der Waals surface area contributed by atoms with E-state index in [1.54, 1.807) is 30.3 Å². The second kappa shape index (κ2) is 5.98. The highest BCUT2D eigenvalue weighted by Crippen LogP contribution is 2.10. The maximum absolute atomic E-state index is 12.1. The Labute approximate surface area is 98.6 Å². The summed E-state index contributed by atoms with van der Waals surface area (Å²) in [5.74, 6) is -0.287. The van der Waals surface area contributed by atoms with Crippen LogP contribution < -0.4 is 11.5 Å². The minimum atomic E-state index is -0.287. The fourth-order valence-corrected chi connectivity index (χ4v) is 1.21. The molecule has 2 nitrogen and oxygen atoms in total. The van der Waals surface area contributed by atoms with Gasteiger partial charge in [0.15, 0.2) is 0 Å². The van der Waals surface area contributed by atoms with Crippen molar-refractivity contribution in [3.8, 4) is 0 Å². The normalized spacial score (nSPS) is 9.12. The van der Waals surface area contributed by atoms with Gasteiger partial charge in [0.2, 0.25) is 0 Å². The van der Waals surface area contributed by atoms with Crippen LogP contribution in [0.2, 0.25) is 5.02 Å². The monoisotopic (exact) mass is 238 g/mol. The Hall–Kier alpha value is -1.74. The van der Waals surface area contributed by atoms with Gasteiger partial charge in [-0.2, -0.15) is 0 Å². The largest absolute Gasteiger partial charge is 0.399 e. The van der Waals surface area contributed by atoms with Crippen molar-refractivity contribution in [2.75, 3.05) is 11.5 Å². The van der Waals surface area contributed by atoms with Gasteiger partial charge in [-0.15, -0.1) is 0 Å². The molecule has 0 aromatic heterocycles. The molecular weight excluding hydrogens is 227 g/mol. The molecule has 0 aliphatic carbocycles. The fourth-order valence-electron chi connectivity index (χ4n) is 1.01. The van der Waals surface area contributed by atoms with Crippen LogP contribution in [-0.4, -0.2) is 0 Å². The Balaban J connectivity index is 0.000000160. The molecule has 0 aliphatic rings. The summed E-state index contributed by atoms with van der Waals surface area (Å²) in [6.45, 7) is 0. The number of halogens is 2. The summed E-state index contributed by atoms with van der Waals surface area (Å²) >= 11 is 5.56. The summed E-state index contributed by atoms with van der Waals surface area (Å²) in [5.41, 5.74) is 11.8. The summed E-state index contributed by atoms with van der Waals surface area (Å²) in [6, 6.07) is 13.0. The SMILES string of the molecule is Nc1cccc(Cl)c1.Nc1cccc(F)c1. The molecule has 0 unspecified atom stereocenters. The van der Waals surface area contributed by atoms with E-state index in [4.69, 9.17) is 23.1 Å². The summed E-state index contributed by atoms with van der Waals surface area (Å²) in [4.78, 5) is 0. The summed E-state index contributed by atoms with van der Waals surface area (Å²) < 4.78 is 12.1. The number of benzene rings is 2. The Bertz CT molecular complexity index is 382. The summed E-state index contributed by atoms with van der Waals surface area (Å²) in [6.07, 6.45) is 0. The van der Waals surface area contributed by atoms with Crippen LogP contribution in [0.25, 0.3) is 0 Å². The van der Waals surface area contributed by atoms with Crippen LogP contribution in [0, 0.1) is 5.82 Å². The standard InChI is InChI=1S/C6H6ClN.C6H6FN/c2*7-5-2-1-3-6(8)4-5/h2*1-4H,8H2. The van der Waals surface area contributed by atoms with E-state index in [0.29, 0.717) is 16.4 Å². The first kappa shape index (κ1) is 12.3. The molecule has 0 spiro atoms. The molecule has 0 saturated carbocycles. The van der Waals surface area contributed by atoms with Crippen LogP contribution in [0.15, 0.2) is 48.5 Å². The second-order valence-corrected chi connectivity index (χ2v) is 3.55. The van der Waals surface area contributed by atoms with E-state index in [0.717, 1.165) is 0 Å². The highest BCUT2D eigenvalue weighted by atomic mass is 35.5. The maximum atomic E-state index is 12.1. The third-order valence-corrected chi connectivity index (χ3v) is 1.93. The van der Waals surface area contributed by atoms with Crippen molar-refractivity contribution in [3.05, 3.63) is 59.4 Å². The van der Waals surface area contributed by atoms with Crippen molar-refractivity contribution in [1.82, 2.24) is 0 Å². The molecule has 4 heteroatoms. The lowest BCUT2D eigenvalue weighted by Crippen LogP contribution is -1.83. The lowest BCUT2D eigenvalue weighted by atomic mass is 10.3. The van der Waals surface area contributed by atoms with Crippen LogP contribution in [0.4, 0.5) is 15.8 Å². The van der Waals surface area contributed by atoms with Gasteiger partial charge in [-0.05, 0) is 36.4 Å². The molecule has 0 amide bonds. The Morgan fingerprint density at radius 2 is 1.44 bits per heavy atom. The molecular formula is C12H12ClFN2. The highest BCUT2D eigenvalue weighted by molar-refractivity contribution is 6.30. The van der Waals surface area contributed by atoms with Crippen LogP contribution >= 0.6 is 11.6 Å². The molecule has 16 heavy (non-hydrogen) atoms. The van der Waals surface area contributed by atoms with E-state index in [-0.39, 0.29) is 5.82 Å². The number of anilines is 2. The van der Waals surface area contributed by atoms with Gasteiger partial charge in [-0.3, -0.25) is 0 Å². The van der Waals surface area contributed by atoms with E-state index < -0.39 is 0 Å². The first-order chi connectivity index (χ1) is 7.58. The molecule has 2 rings (SSSR count). The number of hydrogen-bond acceptors (Lipinski definition) is 2. The lowest BCUT2D eigenvalue weighted by molar-refractivity contribution is 0.628. The summed E-state index contributed by atoms with van der Waals surface area (Å²) in [7, 11) is 0. The zero-order valence-electron chi connectivity index (χ0n) is 8.53. The van der Waals surface area contributed by atoms with Crippen LogP contribution in [0.5, 0.6) is 0 Å². The number of nitrogen functional groups attached to an aromatic ring is 2. The molecule has 0 radical (unpaired) electrons. The van der Waals surface area contributed by atoms with E-state index in [1.165, 1.54) is 12.1 Å². The number of rotatable bonds is 0. The van der Waals surface area contributed by atoms with Gasteiger partial charge in [0, 0.05) is 16.4 Å². The van der Waals surface area contributed by atoms with Gasteiger partial charge in [0.05, 0.1) is 0 Å². The summed E-state index contributed by atoms with van der Waals surface area (Å²) in [5, 5.41) is 0.685. The number of hydrogen-bond donors (Lipinski definition) is 2. The van der Waals surface area contributed by atoms with E-state index in [2.05, 4.69) is 0 Å². The third kappa shape index (κ3) is 4.66. The molecule has 0 bridgehead atoms. The lowest BCUT2D eigenvalue weighted by Gasteiger charge is -1.89. The molecule has 0 fully saturated rings. The molecule has 0 saturated heterocycles. The molecule has 84 valence electrons. The zero-order chi connectivity index (χ0) is 12.0. The first-order valence-electron chi connectivity index (χ1n) is 4.60. The van der Waals surface area contributed by atoms with Gasteiger partial charge in [0.1, 0.15) is 5.82 Å². The predicted octanol–water partition coefficient (Wildman–Crippen LogP) is 3.33. The molecule has 0 aliphatic heterocycles. The Kier molecular flexibility index (Phi) is 4.61. The van der Waals surface area contributed by atoms with Crippen molar-refractivity contribution in [3.63, 3.8) is 0 Å². The van der Waals surface area contributed by atoms with Crippen molar-refractivity contribution in [2.45, 2.75) is 0 Å². The van der Waals surface area contributed by atoms with Crippen LogP contribution in [0.1, 0.15) is 0 Å². The molecule has 2 aromatic rings. The quantitative estimate of drug-likeness (QED) is 0.692. The van der Waals surface area contributed by atoms with Gasteiger partial charge >= 0.3 is 0 Å². The third-order valence-electron chi connectivity index (χ3n) is 1.70. The van der Waals surface area contributed by atoms with Crippen molar-refractivity contribution in [1.29, 1.82) is 0 Å². The van der Waals surface area contributed by atoms with Gasteiger partial charge < -0.3 is 11.5 Å². The van der Waals surface area contributed by atoms with E-state index in [9.17, 15) is 4.39 Å². The second-order valence-electron chi connectivity index (χ2n) is 3.11. The Morgan fingerprint density at radius 1 is 0.875 bits per heavy atom. The van der Waals surface area contributed by atoms with Gasteiger partial charge in [-0.1, -0.05) is 23.7 Å². The van der Waals surface area contributed by atoms with Gasteiger partial charge in [-0.25, -0.2) is 4.39 Å². The minimum absolute atomic E-state index is 0.287.